The van der Waals surface area contributed by atoms with Crippen LogP contribution < -0.4 is 0 Å². The summed E-state index contributed by atoms with van der Waals surface area (Å²) >= 11 is 0. The first kappa shape index (κ1) is 14.0. The lowest BCUT2D eigenvalue weighted by Crippen LogP contribution is -2.50. The second-order valence-corrected chi connectivity index (χ2v) is 5.24. The molecule has 1 fully saturated rings. The fourth-order valence-corrected chi connectivity index (χ4v) is 2.64. The molecule has 1 aliphatic heterocycles. The van der Waals surface area contributed by atoms with Crippen LogP contribution in [-0.2, 0) is 9.53 Å². The predicted octanol–water partition coefficient (Wildman–Crippen LogP) is 1.54. The van der Waals surface area contributed by atoms with Crippen molar-refractivity contribution in [3.8, 4) is 0 Å². The molecule has 2 atom stereocenters. The molecule has 1 aromatic rings. The molecule has 0 spiro atoms. The summed E-state index contributed by atoms with van der Waals surface area (Å²) < 4.78 is 5.90. The van der Waals surface area contributed by atoms with Crippen molar-refractivity contribution in [2.75, 3.05) is 33.8 Å². The van der Waals surface area contributed by atoms with Crippen LogP contribution in [0.1, 0.15) is 18.5 Å². The van der Waals surface area contributed by atoms with Crippen molar-refractivity contribution in [3.05, 3.63) is 35.9 Å². The Bertz CT molecular complexity index is 419. The molecule has 0 bridgehead atoms. The molecule has 19 heavy (non-hydrogen) atoms. The lowest BCUT2D eigenvalue weighted by Gasteiger charge is -2.42. The predicted molar refractivity (Wildman–Crippen MR) is 74.9 cm³/mol. The topological polar surface area (TPSA) is 32.8 Å². The molecule has 1 amide bonds. The van der Waals surface area contributed by atoms with Crippen molar-refractivity contribution in [1.29, 1.82) is 0 Å². The summed E-state index contributed by atoms with van der Waals surface area (Å²) in [5.74, 6) is 0.112. The Balaban J connectivity index is 2.29. The highest BCUT2D eigenvalue weighted by atomic mass is 16.5. The van der Waals surface area contributed by atoms with Crippen LogP contribution in [0.15, 0.2) is 30.3 Å². The van der Waals surface area contributed by atoms with Gasteiger partial charge in [-0.2, -0.15) is 0 Å². The van der Waals surface area contributed by atoms with E-state index in [-0.39, 0.29) is 18.1 Å². The van der Waals surface area contributed by atoms with Gasteiger partial charge in [0.2, 0.25) is 5.91 Å². The minimum atomic E-state index is 0.00912. The lowest BCUT2D eigenvalue weighted by atomic mass is 9.97. The molecule has 2 rings (SSSR count). The molecule has 4 nitrogen and oxygen atoms in total. The van der Waals surface area contributed by atoms with Crippen LogP contribution >= 0.6 is 0 Å². The largest absolute Gasteiger partial charge is 0.373 e. The maximum Gasteiger partial charge on any atom is 0.220 e. The Labute approximate surface area is 115 Å². The molecule has 0 saturated carbocycles. The van der Waals surface area contributed by atoms with Gasteiger partial charge in [-0.15, -0.1) is 0 Å². The van der Waals surface area contributed by atoms with E-state index in [1.165, 1.54) is 0 Å². The number of likely N-dealkylation sites (N-methyl/N-ethyl adjacent to an activating group) is 1. The number of ether oxygens (including phenoxy) is 1. The van der Waals surface area contributed by atoms with Crippen LogP contribution in [0.2, 0.25) is 0 Å². The summed E-state index contributed by atoms with van der Waals surface area (Å²) in [6, 6.07) is 10.2. The number of benzene rings is 1. The monoisotopic (exact) mass is 262 g/mol. The van der Waals surface area contributed by atoms with E-state index in [0.717, 1.165) is 12.1 Å². The number of amides is 1. The molecule has 0 aromatic heterocycles. The van der Waals surface area contributed by atoms with Crippen LogP contribution in [0.5, 0.6) is 0 Å². The van der Waals surface area contributed by atoms with E-state index in [2.05, 4.69) is 17.0 Å². The summed E-state index contributed by atoms with van der Waals surface area (Å²) in [6.07, 6.45) is 0.0232. The number of carbonyl (C=O) groups excluding carboxylic acids is 1. The number of rotatable bonds is 3. The van der Waals surface area contributed by atoms with Gasteiger partial charge in [0.25, 0.3) is 0 Å². The highest BCUT2D eigenvalue weighted by Crippen LogP contribution is 2.29. The molecule has 0 radical (unpaired) electrons. The molecule has 1 heterocycles. The quantitative estimate of drug-likeness (QED) is 0.828. The molecule has 0 N–H and O–H groups in total. The van der Waals surface area contributed by atoms with E-state index in [9.17, 15) is 4.79 Å². The zero-order valence-electron chi connectivity index (χ0n) is 11.9. The van der Waals surface area contributed by atoms with Crippen molar-refractivity contribution in [2.24, 2.45) is 0 Å². The van der Waals surface area contributed by atoms with Gasteiger partial charge in [0.05, 0.1) is 18.8 Å². The molecule has 1 aromatic carbocycles. The standard InChI is InChI=1S/C15H22N2O2/c1-12(18)17-9-10-19-14(11-16(2)3)15(17)13-7-5-4-6-8-13/h4-8,14-15H,9-11H2,1-3H3/t14-,15-/m0/s1. The molecule has 0 aliphatic carbocycles. The summed E-state index contributed by atoms with van der Waals surface area (Å²) in [6.45, 7) is 3.72. The molecular weight excluding hydrogens is 240 g/mol. The van der Waals surface area contributed by atoms with E-state index in [1.54, 1.807) is 6.92 Å². The molecule has 4 heteroatoms. The molecule has 1 saturated heterocycles. The van der Waals surface area contributed by atoms with Gasteiger partial charge < -0.3 is 14.5 Å². The maximum absolute atomic E-state index is 11.9. The summed E-state index contributed by atoms with van der Waals surface area (Å²) in [4.78, 5) is 15.9. The van der Waals surface area contributed by atoms with Crippen molar-refractivity contribution in [1.82, 2.24) is 9.80 Å². The van der Waals surface area contributed by atoms with Crippen LogP contribution in [0, 0.1) is 0 Å². The van der Waals surface area contributed by atoms with E-state index in [0.29, 0.717) is 13.2 Å². The fourth-order valence-electron chi connectivity index (χ4n) is 2.64. The zero-order valence-corrected chi connectivity index (χ0v) is 11.9. The number of nitrogens with zero attached hydrogens (tertiary/aromatic N) is 2. The Hall–Kier alpha value is -1.39. The Morgan fingerprint density at radius 3 is 2.63 bits per heavy atom. The van der Waals surface area contributed by atoms with Crippen LogP contribution in [0.3, 0.4) is 0 Å². The third kappa shape index (κ3) is 3.33. The van der Waals surface area contributed by atoms with Crippen LogP contribution in [0.25, 0.3) is 0 Å². The van der Waals surface area contributed by atoms with Crippen molar-refractivity contribution < 1.29 is 9.53 Å². The van der Waals surface area contributed by atoms with E-state index >= 15 is 0 Å². The van der Waals surface area contributed by atoms with Gasteiger partial charge >= 0.3 is 0 Å². The minimum absolute atomic E-state index is 0.00912. The van der Waals surface area contributed by atoms with Gasteiger partial charge in [-0.25, -0.2) is 0 Å². The third-order valence-electron chi connectivity index (χ3n) is 3.44. The Morgan fingerprint density at radius 2 is 2.05 bits per heavy atom. The number of hydrogen-bond acceptors (Lipinski definition) is 3. The van der Waals surface area contributed by atoms with Gasteiger partial charge in [-0.05, 0) is 19.7 Å². The fraction of sp³-hybridized carbons (Fsp3) is 0.533. The molecule has 0 unspecified atom stereocenters. The summed E-state index contributed by atoms with van der Waals surface area (Å²) in [7, 11) is 4.05. The average Bonchev–Trinajstić information content (AvgIpc) is 2.38. The Morgan fingerprint density at radius 1 is 1.37 bits per heavy atom. The van der Waals surface area contributed by atoms with Crippen molar-refractivity contribution in [3.63, 3.8) is 0 Å². The smallest absolute Gasteiger partial charge is 0.220 e. The highest BCUT2D eigenvalue weighted by molar-refractivity contribution is 5.74. The van der Waals surface area contributed by atoms with Gasteiger partial charge in [-0.1, -0.05) is 30.3 Å². The first-order valence-corrected chi connectivity index (χ1v) is 6.68. The summed E-state index contributed by atoms with van der Waals surface area (Å²) in [5, 5.41) is 0. The third-order valence-corrected chi connectivity index (χ3v) is 3.44. The van der Waals surface area contributed by atoms with Crippen molar-refractivity contribution >= 4 is 5.91 Å². The minimum Gasteiger partial charge on any atom is -0.373 e. The lowest BCUT2D eigenvalue weighted by molar-refractivity contribution is -0.145. The zero-order chi connectivity index (χ0) is 13.8. The summed E-state index contributed by atoms with van der Waals surface area (Å²) in [5.41, 5.74) is 1.14. The average molecular weight is 262 g/mol. The SMILES string of the molecule is CC(=O)N1CCO[C@@H](CN(C)C)[C@@H]1c1ccccc1. The number of carbonyl (C=O) groups is 1. The van der Waals surface area contributed by atoms with Gasteiger partial charge in [-0.3, -0.25) is 4.79 Å². The van der Waals surface area contributed by atoms with Crippen LogP contribution in [-0.4, -0.2) is 55.6 Å². The first-order valence-electron chi connectivity index (χ1n) is 6.68. The highest BCUT2D eigenvalue weighted by Gasteiger charge is 2.35. The van der Waals surface area contributed by atoms with Crippen LogP contribution in [0.4, 0.5) is 0 Å². The maximum atomic E-state index is 11.9. The van der Waals surface area contributed by atoms with Gasteiger partial charge in [0.15, 0.2) is 0 Å². The molecule has 1 aliphatic rings. The first-order chi connectivity index (χ1) is 9.09. The van der Waals surface area contributed by atoms with Gasteiger partial charge in [0.1, 0.15) is 0 Å². The second kappa shape index (κ2) is 6.17. The second-order valence-electron chi connectivity index (χ2n) is 5.24. The number of morpholine rings is 1. The Kier molecular flexibility index (Phi) is 4.56. The van der Waals surface area contributed by atoms with Crippen molar-refractivity contribution in [2.45, 2.75) is 19.1 Å². The normalized spacial score (nSPS) is 23.7. The van der Waals surface area contributed by atoms with E-state index in [1.807, 2.05) is 37.2 Å². The molecular formula is C15H22N2O2. The van der Waals surface area contributed by atoms with Gasteiger partial charge in [0, 0.05) is 20.0 Å². The van der Waals surface area contributed by atoms with E-state index < -0.39 is 0 Å². The van der Waals surface area contributed by atoms with E-state index in [4.69, 9.17) is 4.74 Å². The molecule has 104 valence electrons. The number of hydrogen-bond donors (Lipinski definition) is 0.